The molecule has 2 fully saturated rings. The summed E-state index contributed by atoms with van der Waals surface area (Å²) < 4.78 is 5.63. The Labute approximate surface area is 84.5 Å². The lowest BCUT2D eigenvalue weighted by Crippen LogP contribution is -2.52. The van der Waals surface area contributed by atoms with E-state index in [0.717, 1.165) is 44.1 Å². The van der Waals surface area contributed by atoms with E-state index in [1.807, 2.05) is 0 Å². The predicted octanol–water partition coefficient (Wildman–Crippen LogP) is 1.99. The molecule has 0 radical (unpaired) electrons. The van der Waals surface area contributed by atoms with E-state index in [-0.39, 0.29) is 5.60 Å². The number of ether oxygens (including phenoxy) is 1. The Morgan fingerprint density at radius 1 is 1.38 bits per heavy atom. The molecule has 2 nitrogen and oxygen atoms in total. The largest absolute Gasteiger partial charge is 0.375 e. The van der Waals surface area contributed by atoms with Crippen LogP contribution in [0.5, 0.6) is 0 Å². The average Bonchev–Trinajstić information content (AvgIpc) is 2.02. The molecule has 3 heteroatoms. The van der Waals surface area contributed by atoms with Crippen molar-refractivity contribution < 1.29 is 4.74 Å². The van der Waals surface area contributed by atoms with Gasteiger partial charge in [-0.2, -0.15) is 0 Å². The van der Waals surface area contributed by atoms with Crippen LogP contribution >= 0.6 is 11.6 Å². The van der Waals surface area contributed by atoms with Gasteiger partial charge in [0.1, 0.15) is 0 Å². The molecule has 0 amide bonds. The quantitative estimate of drug-likeness (QED) is 0.678. The first-order valence-electron chi connectivity index (χ1n) is 4.90. The average molecular weight is 202 g/mol. The maximum absolute atomic E-state index is 5.76. The van der Waals surface area contributed by atoms with Crippen molar-refractivity contribution in [3.63, 3.8) is 0 Å². The fourth-order valence-electron chi connectivity index (χ4n) is 2.15. The van der Waals surface area contributed by atoms with E-state index in [1.165, 1.54) is 6.42 Å². The molecule has 0 N–H and O–H groups in total. The highest BCUT2D eigenvalue weighted by molar-refractivity contribution is 6.29. The normalized spacial score (nSPS) is 27.2. The topological polar surface area (TPSA) is 12.5 Å². The summed E-state index contributed by atoms with van der Waals surface area (Å²) in [5.41, 5.74) is 0.254. The second-order valence-corrected chi connectivity index (χ2v) is 4.61. The molecule has 2 aliphatic rings. The Morgan fingerprint density at radius 2 is 2.00 bits per heavy atom. The molecule has 2 aliphatic heterocycles. The molecule has 2 heterocycles. The van der Waals surface area contributed by atoms with E-state index in [4.69, 9.17) is 16.3 Å². The van der Waals surface area contributed by atoms with Crippen LogP contribution in [-0.2, 0) is 4.74 Å². The van der Waals surface area contributed by atoms with Crippen LogP contribution < -0.4 is 0 Å². The number of nitrogens with zero attached hydrogens (tertiary/aromatic N) is 1. The van der Waals surface area contributed by atoms with Gasteiger partial charge in [0, 0.05) is 24.7 Å². The molecule has 0 aromatic rings. The van der Waals surface area contributed by atoms with Crippen molar-refractivity contribution in [2.45, 2.75) is 24.9 Å². The standard InChI is InChI=1S/C10H16ClNO/c1-9(11)8-12-5-2-10(3-6-12)4-7-13-10/h1-8H2. The number of halogens is 1. The van der Waals surface area contributed by atoms with Crippen molar-refractivity contribution in [2.75, 3.05) is 26.2 Å². The lowest BCUT2D eigenvalue weighted by atomic mass is 9.84. The zero-order valence-electron chi connectivity index (χ0n) is 7.89. The molecule has 0 aliphatic carbocycles. The van der Waals surface area contributed by atoms with E-state index in [9.17, 15) is 0 Å². The SMILES string of the molecule is C=C(Cl)CN1CCC2(CCO2)CC1. The molecule has 0 aromatic carbocycles. The first-order chi connectivity index (χ1) is 6.20. The summed E-state index contributed by atoms with van der Waals surface area (Å²) in [4.78, 5) is 2.35. The minimum atomic E-state index is 0.254. The van der Waals surface area contributed by atoms with Crippen LogP contribution in [0.3, 0.4) is 0 Å². The summed E-state index contributed by atoms with van der Waals surface area (Å²) in [5, 5.41) is 0.741. The molecule has 2 saturated heterocycles. The van der Waals surface area contributed by atoms with Crippen molar-refractivity contribution in [3.8, 4) is 0 Å². The molecule has 2 rings (SSSR count). The zero-order valence-corrected chi connectivity index (χ0v) is 8.65. The Morgan fingerprint density at radius 3 is 2.38 bits per heavy atom. The number of hydrogen-bond acceptors (Lipinski definition) is 2. The molecule has 0 saturated carbocycles. The Hall–Kier alpha value is -0.0500. The Bertz CT molecular complexity index is 203. The maximum atomic E-state index is 5.76. The number of hydrogen-bond donors (Lipinski definition) is 0. The van der Waals surface area contributed by atoms with E-state index >= 15 is 0 Å². The van der Waals surface area contributed by atoms with Gasteiger partial charge in [0.15, 0.2) is 0 Å². The van der Waals surface area contributed by atoms with Crippen LogP contribution in [0.2, 0.25) is 0 Å². The van der Waals surface area contributed by atoms with Gasteiger partial charge in [-0.1, -0.05) is 18.2 Å². The van der Waals surface area contributed by atoms with Gasteiger partial charge in [0.05, 0.1) is 12.2 Å². The van der Waals surface area contributed by atoms with Crippen LogP contribution in [0.1, 0.15) is 19.3 Å². The summed E-state index contributed by atoms with van der Waals surface area (Å²) in [6, 6.07) is 0. The molecule has 0 bridgehead atoms. The smallest absolute Gasteiger partial charge is 0.0728 e. The van der Waals surface area contributed by atoms with E-state index in [2.05, 4.69) is 11.5 Å². The van der Waals surface area contributed by atoms with E-state index in [0.29, 0.717) is 0 Å². The van der Waals surface area contributed by atoms with Gasteiger partial charge in [-0.3, -0.25) is 4.90 Å². The summed E-state index contributed by atoms with van der Waals surface area (Å²) in [7, 11) is 0. The highest BCUT2D eigenvalue weighted by Gasteiger charge is 2.40. The summed E-state index contributed by atoms with van der Waals surface area (Å²) in [6.45, 7) is 7.71. The molecule has 13 heavy (non-hydrogen) atoms. The fraction of sp³-hybridized carbons (Fsp3) is 0.800. The lowest BCUT2D eigenvalue weighted by Gasteiger charge is -2.47. The zero-order chi connectivity index (χ0) is 9.31. The molecule has 74 valence electrons. The van der Waals surface area contributed by atoms with Crippen LogP contribution in [0.15, 0.2) is 11.6 Å². The highest BCUT2D eigenvalue weighted by Crippen LogP contribution is 2.36. The molecule has 1 spiro atoms. The van der Waals surface area contributed by atoms with Crippen molar-refractivity contribution in [1.82, 2.24) is 4.90 Å². The van der Waals surface area contributed by atoms with Crippen molar-refractivity contribution in [1.29, 1.82) is 0 Å². The number of rotatable bonds is 2. The van der Waals surface area contributed by atoms with Gasteiger partial charge in [0.25, 0.3) is 0 Å². The second kappa shape index (κ2) is 3.60. The van der Waals surface area contributed by atoms with Gasteiger partial charge in [-0.05, 0) is 19.3 Å². The van der Waals surface area contributed by atoms with Gasteiger partial charge < -0.3 is 4.74 Å². The number of piperidine rings is 1. The number of likely N-dealkylation sites (tertiary alicyclic amines) is 1. The second-order valence-electron chi connectivity index (χ2n) is 4.07. The third kappa shape index (κ3) is 2.06. The van der Waals surface area contributed by atoms with E-state index in [1.54, 1.807) is 0 Å². The summed E-state index contributed by atoms with van der Waals surface area (Å²) in [6.07, 6.45) is 3.58. The molecular formula is C10H16ClNO. The monoisotopic (exact) mass is 201 g/mol. The molecule has 0 atom stereocenters. The minimum Gasteiger partial charge on any atom is -0.375 e. The van der Waals surface area contributed by atoms with Gasteiger partial charge >= 0.3 is 0 Å². The summed E-state index contributed by atoms with van der Waals surface area (Å²) in [5.74, 6) is 0. The van der Waals surface area contributed by atoms with Crippen LogP contribution in [0.4, 0.5) is 0 Å². The van der Waals surface area contributed by atoms with Gasteiger partial charge in [-0.25, -0.2) is 0 Å². The minimum absolute atomic E-state index is 0.254. The first-order valence-corrected chi connectivity index (χ1v) is 5.28. The van der Waals surface area contributed by atoms with Crippen LogP contribution in [0.25, 0.3) is 0 Å². The summed E-state index contributed by atoms with van der Waals surface area (Å²) >= 11 is 5.76. The lowest BCUT2D eigenvalue weighted by molar-refractivity contribution is -0.172. The third-order valence-electron chi connectivity index (χ3n) is 3.13. The van der Waals surface area contributed by atoms with Crippen LogP contribution in [-0.4, -0.2) is 36.7 Å². The molecule has 0 unspecified atom stereocenters. The van der Waals surface area contributed by atoms with E-state index < -0.39 is 0 Å². The highest BCUT2D eigenvalue weighted by atomic mass is 35.5. The van der Waals surface area contributed by atoms with Crippen molar-refractivity contribution >= 4 is 11.6 Å². The Balaban J connectivity index is 1.79. The predicted molar refractivity (Wildman–Crippen MR) is 54.0 cm³/mol. The molecular weight excluding hydrogens is 186 g/mol. The van der Waals surface area contributed by atoms with Gasteiger partial charge in [-0.15, -0.1) is 0 Å². The van der Waals surface area contributed by atoms with Gasteiger partial charge in [0.2, 0.25) is 0 Å². The maximum Gasteiger partial charge on any atom is 0.0728 e. The Kier molecular flexibility index (Phi) is 2.63. The van der Waals surface area contributed by atoms with Crippen molar-refractivity contribution in [2.24, 2.45) is 0 Å². The molecule has 0 aromatic heterocycles. The van der Waals surface area contributed by atoms with Crippen LogP contribution in [0, 0.1) is 0 Å². The third-order valence-corrected chi connectivity index (χ3v) is 3.25. The fourth-order valence-corrected chi connectivity index (χ4v) is 2.32. The first kappa shape index (κ1) is 9.50. The van der Waals surface area contributed by atoms with Crippen molar-refractivity contribution in [3.05, 3.63) is 11.6 Å².